The number of fused-ring (bicyclic) bond motifs is 1. The molecule has 0 bridgehead atoms. The summed E-state index contributed by atoms with van der Waals surface area (Å²) >= 11 is 0. The quantitative estimate of drug-likeness (QED) is 0.690. The number of phenolic OH excluding ortho intramolecular Hbond substituents is 1. The smallest absolute Gasteiger partial charge is 0.257 e. The standard InChI is InChI=1S/C25H30N2O3/c28-20-12-6-7-17(13-20)14-27-15-21-22(16-27)23(21)26-24(29)25(30,19-10-4-5-11-19)18-8-2-1-3-9-18/h1-3,6-9,12-13,19,21-23,28,30H,4-5,10-11,14-16H2,(H,26,29)/t21-,22?,23+,25?/m0/s1. The van der Waals surface area contributed by atoms with Crippen LogP contribution in [0.15, 0.2) is 54.6 Å². The van der Waals surface area contributed by atoms with Gasteiger partial charge in [0.05, 0.1) is 0 Å². The second-order valence-electron chi connectivity index (χ2n) is 9.30. The van der Waals surface area contributed by atoms with E-state index in [1.54, 1.807) is 6.07 Å². The number of hydrogen-bond acceptors (Lipinski definition) is 4. The number of aliphatic hydroxyl groups is 1. The lowest BCUT2D eigenvalue weighted by atomic mass is 9.79. The highest BCUT2D eigenvalue weighted by atomic mass is 16.3. The van der Waals surface area contributed by atoms with Crippen LogP contribution >= 0.6 is 0 Å². The summed E-state index contributed by atoms with van der Waals surface area (Å²) in [4.78, 5) is 15.7. The van der Waals surface area contributed by atoms with E-state index in [0.717, 1.165) is 50.9 Å². The molecule has 0 radical (unpaired) electrons. The Morgan fingerprint density at radius 3 is 2.40 bits per heavy atom. The number of amides is 1. The van der Waals surface area contributed by atoms with Crippen LogP contribution in [0.25, 0.3) is 0 Å². The van der Waals surface area contributed by atoms with Gasteiger partial charge in [-0.1, -0.05) is 55.3 Å². The summed E-state index contributed by atoms with van der Waals surface area (Å²) in [6, 6.07) is 17.0. The molecule has 3 N–H and O–H groups in total. The molecular weight excluding hydrogens is 376 g/mol. The molecule has 2 saturated carbocycles. The highest BCUT2D eigenvalue weighted by Gasteiger charge is 2.58. The Kier molecular flexibility index (Phi) is 5.03. The van der Waals surface area contributed by atoms with E-state index in [1.165, 1.54) is 0 Å². The minimum Gasteiger partial charge on any atom is -0.508 e. The summed E-state index contributed by atoms with van der Waals surface area (Å²) in [5.74, 6) is 0.971. The fourth-order valence-corrected chi connectivity index (χ4v) is 5.72. The van der Waals surface area contributed by atoms with Crippen LogP contribution in [-0.4, -0.2) is 40.2 Å². The van der Waals surface area contributed by atoms with Crippen LogP contribution in [0.3, 0.4) is 0 Å². The maximum absolute atomic E-state index is 13.3. The van der Waals surface area contributed by atoms with Gasteiger partial charge in [-0.05, 0) is 47.9 Å². The normalized spacial score (nSPS) is 28.1. The minimum absolute atomic E-state index is 0.0132. The molecular formula is C25H30N2O3. The lowest BCUT2D eigenvalue weighted by molar-refractivity contribution is -0.147. The van der Waals surface area contributed by atoms with Crippen molar-refractivity contribution in [2.75, 3.05) is 13.1 Å². The average molecular weight is 407 g/mol. The van der Waals surface area contributed by atoms with Gasteiger partial charge in [0.15, 0.2) is 5.60 Å². The van der Waals surface area contributed by atoms with Gasteiger partial charge in [-0.3, -0.25) is 9.69 Å². The lowest BCUT2D eigenvalue weighted by Crippen LogP contribution is -2.50. The van der Waals surface area contributed by atoms with Gasteiger partial charge in [0.25, 0.3) is 5.91 Å². The van der Waals surface area contributed by atoms with Crippen LogP contribution in [0, 0.1) is 17.8 Å². The Hall–Kier alpha value is -2.37. The van der Waals surface area contributed by atoms with Gasteiger partial charge in [-0.15, -0.1) is 0 Å². The van der Waals surface area contributed by atoms with Crippen LogP contribution in [0.2, 0.25) is 0 Å². The maximum Gasteiger partial charge on any atom is 0.257 e. The molecule has 1 saturated heterocycles. The monoisotopic (exact) mass is 406 g/mol. The number of benzene rings is 2. The molecule has 2 unspecified atom stereocenters. The number of rotatable bonds is 6. The molecule has 3 aliphatic rings. The van der Waals surface area contributed by atoms with Crippen molar-refractivity contribution >= 4 is 5.91 Å². The third-order valence-corrected chi connectivity index (χ3v) is 7.39. The van der Waals surface area contributed by atoms with E-state index in [1.807, 2.05) is 48.5 Å². The molecule has 2 aromatic carbocycles. The number of carbonyl (C=O) groups excluding carboxylic acids is 1. The molecule has 2 aromatic rings. The molecule has 1 heterocycles. The number of carbonyl (C=O) groups is 1. The Labute approximate surface area is 177 Å². The Bertz CT molecular complexity index is 900. The van der Waals surface area contributed by atoms with E-state index in [9.17, 15) is 15.0 Å². The summed E-state index contributed by atoms with van der Waals surface area (Å²) in [5, 5.41) is 24.5. The summed E-state index contributed by atoms with van der Waals surface area (Å²) in [6.07, 6.45) is 3.94. The third-order valence-electron chi connectivity index (χ3n) is 7.39. The summed E-state index contributed by atoms with van der Waals surface area (Å²) in [6.45, 7) is 2.70. The Morgan fingerprint density at radius 1 is 1.03 bits per heavy atom. The summed E-state index contributed by atoms with van der Waals surface area (Å²) in [5.41, 5.74) is 0.387. The predicted molar refractivity (Wildman–Crippen MR) is 115 cm³/mol. The molecule has 4 atom stereocenters. The molecule has 158 valence electrons. The van der Waals surface area contributed by atoms with Gasteiger partial charge < -0.3 is 15.5 Å². The van der Waals surface area contributed by atoms with Crippen LogP contribution in [0.5, 0.6) is 5.75 Å². The van der Waals surface area contributed by atoms with Gasteiger partial charge in [0.2, 0.25) is 0 Å². The van der Waals surface area contributed by atoms with Crippen molar-refractivity contribution in [3.8, 4) is 5.75 Å². The first-order chi connectivity index (χ1) is 14.6. The van der Waals surface area contributed by atoms with Crippen molar-refractivity contribution in [2.45, 2.75) is 43.9 Å². The first-order valence-electron chi connectivity index (χ1n) is 11.1. The number of hydrogen-bond donors (Lipinski definition) is 3. The van der Waals surface area contributed by atoms with E-state index in [0.29, 0.717) is 23.1 Å². The van der Waals surface area contributed by atoms with Crippen LogP contribution < -0.4 is 5.32 Å². The molecule has 2 aliphatic carbocycles. The highest BCUT2D eigenvalue weighted by molar-refractivity contribution is 5.87. The zero-order chi connectivity index (χ0) is 20.7. The molecule has 30 heavy (non-hydrogen) atoms. The van der Waals surface area contributed by atoms with Gasteiger partial charge in [-0.2, -0.15) is 0 Å². The molecule has 0 aromatic heterocycles. The van der Waals surface area contributed by atoms with Gasteiger partial charge in [0.1, 0.15) is 5.75 Å². The summed E-state index contributed by atoms with van der Waals surface area (Å²) < 4.78 is 0. The van der Waals surface area contributed by atoms with Crippen molar-refractivity contribution in [1.82, 2.24) is 10.2 Å². The number of nitrogens with one attached hydrogen (secondary N) is 1. The minimum atomic E-state index is -1.43. The molecule has 3 fully saturated rings. The Morgan fingerprint density at radius 2 is 1.73 bits per heavy atom. The summed E-state index contributed by atoms with van der Waals surface area (Å²) in [7, 11) is 0. The maximum atomic E-state index is 13.3. The Balaban J connectivity index is 1.23. The fourth-order valence-electron chi connectivity index (χ4n) is 5.72. The highest BCUT2D eigenvalue weighted by Crippen LogP contribution is 2.47. The number of nitrogens with zero attached hydrogens (tertiary/aromatic N) is 1. The zero-order valence-corrected chi connectivity index (χ0v) is 17.2. The number of phenols is 1. The second-order valence-corrected chi connectivity index (χ2v) is 9.30. The van der Waals surface area contributed by atoms with Crippen LogP contribution in [-0.2, 0) is 16.9 Å². The molecule has 5 heteroatoms. The van der Waals surface area contributed by atoms with Crippen LogP contribution in [0.4, 0.5) is 0 Å². The number of piperidine rings is 1. The van der Waals surface area contributed by atoms with E-state index in [4.69, 9.17) is 0 Å². The van der Waals surface area contributed by atoms with Crippen molar-refractivity contribution in [1.29, 1.82) is 0 Å². The molecule has 5 nitrogen and oxygen atoms in total. The van der Waals surface area contributed by atoms with E-state index < -0.39 is 5.60 Å². The average Bonchev–Trinajstić information content (AvgIpc) is 3.17. The van der Waals surface area contributed by atoms with Gasteiger partial charge in [0, 0.05) is 31.6 Å². The topological polar surface area (TPSA) is 72.8 Å². The van der Waals surface area contributed by atoms with E-state index in [2.05, 4.69) is 10.2 Å². The molecule has 0 spiro atoms. The van der Waals surface area contributed by atoms with Crippen molar-refractivity contribution in [3.63, 3.8) is 0 Å². The lowest BCUT2D eigenvalue weighted by Gasteiger charge is -2.33. The van der Waals surface area contributed by atoms with Crippen molar-refractivity contribution in [2.24, 2.45) is 17.8 Å². The van der Waals surface area contributed by atoms with Crippen molar-refractivity contribution in [3.05, 3.63) is 65.7 Å². The van der Waals surface area contributed by atoms with Crippen LogP contribution in [0.1, 0.15) is 36.8 Å². The predicted octanol–water partition coefficient (Wildman–Crippen LogP) is 3.02. The SMILES string of the molecule is O=C(N[C@H]1C2CN(Cc3cccc(O)c3)C[C@@H]21)C(O)(c1ccccc1)C1CCCC1. The molecule has 1 aliphatic heterocycles. The number of likely N-dealkylation sites (tertiary alicyclic amines) is 1. The first-order valence-corrected chi connectivity index (χ1v) is 11.1. The fraction of sp³-hybridized carbons (Fsp3) is 0.480. The third kappa shape index (κ3) is 3.50. The number of aromatic hydroxyl groups is 1. The molecule has 1 amide bonds. The first kappa shape index (κ1) is 19.6. The van der Waals surface area contributed by atoms with Gasteiger partial charge >= 0.3 is 0 Å². The van der Waals surface area contributed by atoms with Crippen molar-refractivity contribution < 1.29 is 15.0 Å². The molecule has 5 rings (SSSR count). The largest absolute Gasteiger partial charge is 0.508 e. The van der Waals surface area contributed by atoms with Gasteiger partial charge in [-0.25, -0.2) is 0 Å². The zero-order valence-electron chi connectivity index (χ0n) is 17.2. The second kappa shape index (κ2) is 7.71. The van der Waals surface area contributed by atoms with E-state index in [-0.39, 0.29) is 17.9 Å². The van der Waals surface area contributed by atoms with E-state index >= 15 is 0 Å².